The molecule has 0 amide bonds. The molecule has 1 atom stereocenters. The number of hydrogen-bond donors (Lipinski definition) is 1. The normalized spacial score (nSPS) is 12.3. The lowest BCUT2D eigenvalue weighted by Gasteiger charge is -2.07. The largest absolute Gasteiger partial charge is 0.399 e. The van der Waals surface area contributed by atoms with Crippen LogP contribution in [0.25, 0.3) is 0 Å². The monoisotopic (exact) mass is 260 g/mol. The molecule has 0 aliphatic heterocycles. The van der Waals surface area contributed by atoms with Crippen LogP contribution in [-0.4, -0.2) is 9.19 Å². The molecule has 0 fully saturated rings. The van der Waals surface area contributed by atoms with Gasteiger partial charge >= 0.3 is 0 Å². The molecule has 2 aromatic rings. The number of aryl methyl sites for hydroxylation is 2. The van der Waals surface area contributed by atoms with Gasteiger partial charge in [0, 0.05) is 23.0 Å². The van der Waals surface area contributed by atoms with Gasteiger partial charge in [0.05, 0.1) is 16.6 Å². The van der Waals surface area contributed by atoms with Crippen molar-refractivity contribution in [3.63, 3.8) is 0 Å². The van der Waals surface area contributed by atoms with Gasteiger partial charge in [-0.2, -0.15) is 0 Å². The van der Waals surface area contributed by atoms with Crippen molar-refractivity contribution in [2.45, 2.75) is 24.5 Å². The van der Waals surface area contributed by atoms with E-state index in [0.29, 0.717) is 11.4 Å². The predicted molar refractivity (Wildman–Crippen MR) is 74.7 cm³/mol. The highest BCUT2D eigenvalue weighted by molar-refractivity contribution is 7.84. The quantitative estimate of drug-likeness (QED) is 0.863. The van der Waals surface area contributed by atoms with E-state index >= 15 is 0 Å². The van der Waals surface area contributed by atoms with Gasteiger partial charge in [0.15, 0.2) is 0 Å². The molecule has 0 spiro atoms. The number of nitrogens with two attached hydrogens (primary N) is 1. The first-order valence-corrected chi connectivity index (χ1v) is 7.03. The van der Waals surface area contributed by atoms with Gasteiger partial charge in [-0.3, -0.25) is 9.19 Å². The van der Waals surface area contributed by atoms with Crippen LogP contribution in [0.2, 0.25) is 0 Å². The molecule has 0 aliphatic carbocycles. The molecule has 2 N–H and O–H groups in total. The van der Waals surface area contributed by atoms with E-state index in [1.807, 2.05) is 32.0 Å². The number of pyridine rings is 1. The minimum atomic E-state index is -1.08. The summed E-state index contributed by atoms with van der Waals surface area (Å²) in [7, 11) is -1.08. The second-order valence-corrected chi connectivity index (χ2v) is 5.80. The van der Waals surface area contributed by atoms with Crippen molar-refractivity contribution in [1.29, 1.82) is 0 Å². The van der Waals surface area contributed by atoms with Crippen molar-refractivity contribution in [1.82, 2.24) is 4.98 Å². The molecule has 0 saturated heterocycles. The molecule has 0 aliphatic rings. The van der Waals surface area contributed by atoms with Crippen molar-refractivity contribution in [2.75, 3.05) is 5.73 Å². The Kier molecular flexibility index (Phi) is 3.77. The third-order valence-corrected chi connectivity index (χ3v) is 4.21. The average molecular weight is 260 g/mol. The van der Waals surface area contributed by atoms with Gasteiger partial charge in [-0.15, -0.1) is 0 Å². The SMILES string of the molecule is Cc1cncc(CS(=O)c2cc(N)ccc2C)c1. The second-order valence-electron chi connectivity index (χ2n) is 4.39. The smallest absolute Gasteiger partial charge is 0.0578 e. The molecular formula is C14H16N2OS. The first-order valence-electron chi connectivity index (χ1n) is 5.71. The maximum Gasteiger partial charge on any atom is 0.0578 e. The zero-order valence-electron chi connectivity index (χ0n) is 10.5. The van der Waals surface area contributed by atoms with Crippen LogP contribution >= 0.6 is 0 Å². The van der Waals surface area contributed by atoms with Gasteiger partial charge in [0.2, 0.25) is 0 Å². The van der Waals surface area contributed by atoms with Crippen molar-refractivity contribution < 1.29 is 4.21 Å². The standard InChI is InChI=1S/C14H16N2OS/c1-10-5-12(8-16-7-10)9-18(17)14-6-13(15)4-3-11(14)2/h3-8H,9,15H2,1-2H3. The summed E-state index contributed by atoms with van der Waals surface area (Å²) in [5.74, 6) is 0.471. The van der Waals surface area contributed by atoms with Crippen LogP contribution in [0, 0.1) is 13.8 Å². The summed E-state index contributed by atoms with van der Waals surface area (Å²) in [5.41, 5.74) is 9.44. The third kappa shape index (κ3) is 2.96. The molecule has 0 saturated carbocycles. The summed E-state index contributed by atoms with van der Waals surface area (Å²) in [4.78, 5) is 4.91. The zero-order chi connectivity index (χ0) is 13.1. The van der Waals surface area contributed by atoms with Crippen LogP contribution in [0.4, 0.5) is 5.69 Å². The van der Waals surface area contributed by atoms with Crippen molar-refractivity contribution in [3.8, 4) is 0 Å². The zero-order valence-corrected chi connectivity index (χ0v) is 11.3. The fourth-order valence-corrected chi connectivity index (χ4v) is 3.10. The Morgan fingerprint density at radius 3 is 2.72 bits per heavy atom. The van der Waals surface area contributed by atoms with E-state index in [-0.39, 0.29) is 0 Å². The van der Waals surface area contributed by atoms with Crippen LogP contribution < -0.4 is 5.73 Å². The van der Waals surface area contributed by atoms with Gasteiger partial charge < -0.3 is 5.73 Å². The van der Waals surface area contributed by atoms with Gasteiger partial charge in [-0.1, -0.05) is 12.1 Å². The molecule has 1 aromatic heterocycles. The highest BCUT2D eigenvalue weighted by Crippen LogP contribution is 2.19. The van der Waals surface area contributed by atoms with Gasteiger partial charge in [0.1, 0.15) is 0 Å². The Bertz CT molecular complexity index is 596. The summed E-state index contributed by atoms with van der Waals surface area (Å²) in [5, 5.41) is 0. The third-order valence-electron chi connectivity index (χ3n) is 2.69. The van der Waals surface area contributed by atoms with Gasteiger partial charge in [0.25, 0.3) is 0 Å². The molecule has 3 nitrogen and oxygen atoms in total. The molecular weight excluding hydrogens is 244 g/mol. The van der Waals surface area contributed by atoms with E-state index < -0.39 is 10.8 Å². The maximum absolute atomic E-state index is 12.3. The Morgan fingerprint density at radius 2 is 2.00 bits per heavy atom. The number of rotatable bonds is 3. The summed E-state index contributed by atoms with van der Waals surface area (Å²) in [6.07, 6.45) is 3.55. The topological polar surface area (TPSA) is 56.0 Å². The maximum atomic E-state index is 12.3. The molecule has 2 rings (SSSR count). The fraction of sp³-hybridized carbons (Fsp3) is 0.214. The minimum Gasteiger partial charge on any atom is -0.399 e. The van der Waals surface area contributed by atoms with E-state index in [1.165, 1.54) is 0 Å². The first kappa shape index (κ1) is 12.8. The summed E-state index contributed by atoms with van der Waals surface area (Å²) < 4.78 is 12.3. The van der Waals surface area contributed by atoms with E-state index in [4.69, 9.17) is 5.73 Å². The van der Waals surface area contributed by atoms with E-state index in [2.05, 4.69) is 4.98 Å². The van der Waals surface area contributed by atoms with Crippen LogP contribution in [0.3, 0.4) is 0 Å². The Balaban J connectivity index is 2.24. The predicted octanol–water partition coefficient (Wildman–Crippen LogP) is 2.59. The summed E-state index contributed by atoms with van der Waals surface area (Å²) >= 11 is 0. The van der Waals surface area contributed by atoms with Crippen molar-refractivity contribution in [3.05, 3.63) is 53.3 Å². The number of anilines is 1. The van der Waals surface area contributed by atoms with Crippen molar-refractivity contribution >= 4 is 16.5 Å². The number of hydrogen-bond acceptors (Lipinski definition) is 3. The van der Waals surface area contributed by atoms with Crippen molar-refractivity contribution in [2.24, 2.45) is 0 Å². The summed E-state index contributed by atoms with van der Waals surface area (Å²) in [6.45, 7) is 3.92. The Hall–Kier alpha value is -1.68. The Morgan fingerprint density at radius 1 is 1.22 bits per heavy atom. The highest BCUT2D eigenvalue weighted by atomic mass is 32.2. The van der Waals surface area contributed by atoms with Gasteiger partial charge in [-0.05, 0) is 42.7 Å². The highest BCUT2D eigenvalue weighted by Gasteiger charge is 2.09. The van der Waals surface area contributed by atoms with E-state index in [1.54, 1.807) is 18.5 Å². The molecule has 4 heteroatoms. The van der Waals surface area contributed by atoms with Crippen LogP contribution in [0.5, 0.6) is 0 Å². The Labute approximate surface area is 110 Å². The second kappa shape index (κ2) is 5.31. The minimum absolute atomic E-state index is 0.471. The average Bonchev–Trinajstić information content (AvgIpc) is 2.32. The first-order chi connectivity index (χ1) is 8.56. The number of nitrogens with zero attached hydrogens (tertiary/aromatic N) is 1. The van der Waals surface area contributed by atoms with Crippen LogP contribution in [0.1, 0.15) is 16.7 Å². The molecule has 1 heterocycles. The lowest BCUT2D eigenvalue weighted by Crippen LogP contribution is -2.01. The molecule has 1 unspecified atom stereocenters. The summed E-state index contributed by atoms with van der Waals surface area (Å²) in [6, 6.07) is 7.52. The lowest BCUT2D eigenvalue weighted by atomic mass is 10.2. The number of aromatic nitrogens is 1. The molecule has 94 valence electrons. The fourth-order valence-electron chi connectivity index (χ4n) is 1.79. The van der Waals surface area contributed by atoms with E-state index in [9.17, 15) is 4.21 Å². The molecule has 18 heavy (non-hydrogen) atoms. The van der Waals surface area contributed by atoms with E-state index in [0.717, 1.165) is 21.6 Å². The molecule has 1 aromatic carbocycles. The van der Waals surface area contributed by atoms with Crippen LogP contribution in [-0.2, 0) is 16.6 Å². The number of benzene rings is 1. The lowest BCUT2D eigenvalue weighted by molar-refractivity contribution is 0.682. The van der Waals surface area contributed by atoms with Gasteiger partial charge in [-0.25, -0.2) is 0 Å². The number of nitrogen functional groups attached to an aromatic ring is 1. The molecule has 0 bridgehead atoms. The van der Waals surface area contributed by atoms with Crippen LogP contribution in [0.15, 0.2) is 41.6 Å². The molecule has 0 radical (unpaired) electrons.